The van der Waals surface area contributed by atoms with Crippen LogP contribution in [0.1, 0.15) is 31.2 Å². The van der Waals surface area contributed by atoms with Gasteiger partial charge in [0.2, 0.25) is 0 Å². The molecular formula is C12H16BrN. The lowest BCUT2D eigenvalue weighted by atomic mass is 10.2. The predicted octanol–water partition coefficient (Wildman–Crippen LogP) is 4.11. The van der Waals surface area contributed by atoms with E-state index in [0.29, 0.717) is 6.04 Å². The van der Waals surface area contributed by atoms with Crippen molar-refractivity contribution in [3.05, 3.63) is 28.2 Å². The van der Waals surface area contributed by atoms with Crippen LogP contribution in [-0.4, -0.2) is 6.04 Å². The topological polar surface area (TPSA) is 12.0 Å². The molecule has 0 unspecified atom stereocenters. The average molecular weight is 254 g/mol. The van der Waals surface area contributed by atoms with Crippen LogP contribution in [0.4, 0.5) is 5.69 Å². The van der Waals surface area contributed by atoms with Crippen molar-refractivity contribution in [2.75, 3.05) is 5.32 Å². The Balaban J connectivity index is 2.10. The molecular weight excluding hydrogens is 238 g/mol. The third-order valence-corrected chi connectivity index (χ3v) is 3.53. The maximum absolute atomic E-state index is 3.60. The molecule has 0 radical (unpaired) electrons. The highest BCUT2D eigenvalue weighted by Crippen LogP contribution is 2.28. The van der Waals surface area contributed by atoms with Crippen molar-refractivity contribution in [1.82, 2.24) is 0 Å². The zero-order chi connectivity index (χ0) is 9.97. The van der Waals surface area contributed by atoms with Crippen molar-refractivity contribution >= 4 is 21.6 Å². The van der Waals surface area contributed by atoms with Gasteiger partial charge in [0.15, 0.2) is 0 Å². The number of rotatable bonds is 2. The van der Waals surface area contributed by atoms with Crippen molar-refractivity contribution < 1.29 is 0 Å². The first-order valence-corrected chi connectivity index (χ1v) is 6.08. The molecule has 0 aliphatic heterocycles. The standard InChI is InChI=1S/C12H16BrN/c1-9-6-7-11(13)12(8-9)14-10-4-2-3-5-10/h6-8,10,14H,2-5H2,1H3. The van der Waals surface area contributed by atoms with Crippen LogP contribution < -0.4 is 5.32 Å². The van der Waals surface area contributed by atoms with Gasteiger partial charge in [0.05, 0.1) is 0 Å². The van der Waals surface area contributed by atoms with Gasteiger partial charge in [-0.25, -0.2) is 0 Å². The van der Waals surface area contributed by atoms with E-state index in [-0.39, 0.29) is 0 Å². The SMILES string of the molecule is Cc1ccc(Br)c(NC2CCCC2)c1. The Kier molecular flexibility index (Phi) is 3.12. The lowest BCUT2D eigenvalue weighted by molar-refractivity contribution is 0.755. The van der Waals surface area contributed by atoms with Crippen LogP contribution in [-0.2, 0) is 0 Å². The number of benzene rings is 1. The summed E-state index contributed by atoms with van der Waals surface area (Å²) < 4.78 is 1.18. The molecule has 14 heavy (non-hydrogen) atoms. The highest BCUT2D eigenvalue weighted by molar-refractivity contribution is 9.10. The highest BCUT2D eigenvalue weighted by Gasteiger charge is 2.15. The van der Waals surface area contributed by atoms with Gasteiger partial charge in [0.1, 0.15) is 0 Å². The average Bonchev–Trinajstić information content (AvgIpc) is 2.64. The van der Waals surface area contributed by atoms with Crippen molar-refractivity contribution in [1.29, 1.82) is 0 Å². The molecule has 1 fully saturated rings. The normalized spacial score (nSPS) is 17.3. The number of hydrogen-bond donors (Lipinski definition) is 1. The summed E-state index contributed by atoms with van der Waals surface area (Å²) >= 11 is 3.58. The van der Waals surface area contributed by atoms with E-state index in [9.17, 15) is 0 Å². The molecule has 1 aliphatic rings. The summed E-state index contributed by atoms with van der Waals surface area (Å²) in [5.74, 6) is 0. The Hall–Kier alpha value is -0.500. The molecule has 2 rings (SSSR count). The van der Waals surface area contributed by atoms with Crippen LogP contribution in [0.3, 0.4) is 0 Å². The first-order valence-electron chi connectivity index (χ1n) is 5.28. The van der Waals surface area contributed by atoms with Gasteiger partial charge in [0, 0.05) is 16.2 Å². The minimum Gasteiger partial charge on any atom is -0.381 e. The maximum Gasteiger partial charge on any atom is 0.0489 e. The highest BCUT2D eigenvalue weighted by atomic mass is 79.9. The van der Waals surface area contributed by atoms with Crippen LogP contribution in [0.2, 0.25) is 0 Å². The smallest absolute Gasteiger partial charge is 0.0489 e. The molecule has 76 valence electrons. The van der Waals surface area contributed by atoms with E-state index in [1.807, 2.05) is 0 Å². The van der Waals surface area contributed by atoms with Gasteiger partial charge in [-0.1, -0.05) is 18.9 Å². The number of halogens is 1. The van der Waals surface area contributed by atoms with Crippen molar-refractivity contribution in [3.63, 3.8) is 0 Å². The number of nitrogens with one attached hydrogen (secondary N) is 1. The fourth-order valence-electron chi connectivity index (χ4n) is 2.04. The maximum atomic E-state index is 3.60. The minimum absolute atomic E-state index is 0.688. The van der Waals surface area contributed by atoms with E-state index < -0.39 is 0 Å². The van der Waals surface area contributed by atoms with Gasteiger partial charge in [-0.3, -0.25) is 0 Å². The first kappa shape index (κ1) is 10.0. The quantitative estimate of drug-likeness (QED) is 0.837. The predicted molar refractivity (Wildman–Crippen MR) is 64.8 cm³/mol. The van der Waals surface area contributed by atoms with Crippen LogP contribution in [0.15, 0.2) is 22.7 Å². The minimum atomic E-state index is 0.688. The third kappa shape index (κ3) is 2.30. The molecule has 1 saturated carbocycles. The van der Waals surface area contributed by atoms with E-state index >= 15 is 0 Å². The largest absolute Gasteiger partial charge is 0.381 e. The van der Waals surface area contributed by atoms with E-state index in [1.165, 1.54) is 41.4 Å². The van der Waals surface area contributed by atoms with Crippen LogP contribution >= 0.6 is 15.9 Å². The molecule has 1 aromatic rings. The van der Waals surface area contributed by atoms with E-state index in [2.05, 4.69) is 46.4 Å². The molecule has 2 heteroatoms. The second-order valence-corrected chi connectivity index (χ2v) is 4.96. The van der Waals surface area contributed by atoms with Crippen LogP contribution in [0.25, 0.3) is 0 Å². The van der Waals surface area contributed by atoms with E-state index in [0.717, 1.165) is 0 Å². The van der Waals surface area contributed by atoms with Crippen molar-refractivity contribution in [2.45, 2.75) is 38.6 Å². The molecule has 0 spiro atoms. The molecule has 0 bridgehead atoms. The molecule has 1 aromatic carbocycles. The van der Waals surface area contributed by atoms with Gasteiger partial charge in [-0.05, 0) is 53.4 Å². The zero-order valence-electron chi connectivity index (χ0n) is 8.52. The van der Waals surface area contributed by atoms with Gasteiger partial charge in [0.25, 0.3) is 0 Å². The number of anilines is 1. The second-order valence-electron chi connectivity index (χ2n) is 4.11. The van der Waals surface area contributed by atoms with Gasteiger partial charge in [-0.2, -0.15) is 0 Å². The molecule has 0 amide bonds. The lowest BCUT2D eigenvalue weighted by Gasteiger charge is -2.15. The van der Waals surface area contributed by atoms with Gasteiger partial charge >= 0.3 is 0 Å². The van der Waals surface area contributed by atoms with Crippen LogP contribution in [0, 0.1) is 6.92 Å². The fraction of sp³-hybridized carbons (Fsp3) is 0.500. The molecule has 0 aromatic heterocycles. The zero-order valence-corrected chi connectivity index (χ0v) is 10.1. The number of aryl methyl sites for hydroxylation is 1. The van der Waals surface area contributed by atoms with Crippen LogP contribution in [0.5, 0.6) is 0 Å². The molecule has 1 nitrogen and oxygen atoms in total. The Morgan fingerprint density at radius 1 is 1.29 bits per heavy atom. The second kappa shape index (κ2) is 4.35. The molecule has 1 aliphatic carbocycles. The summed E-state index contributed by atoms with van der Waals surface area (Å²) in [6.07, 6.45) is 5.39. The molecule has 1 N–H and O–H groups in total. The molecule has 0 saturated heterocycles. The number of hydrogen-bond acceptors (Lipinski definition) is 1. The Morgan fingerprint density at radius 3 is 2.71 bits per heavy atom. The third-order valence-electron chi connectivity index (χ3n) is 2.84. The Bertz CT molecular complexity index is 316. The summed E-state index contributed by atoms with van der Waals surface area (Å²) in [6, 6.07) is 7.15. The Labute approximate surface area is 94.0 Å². The van der Waals surface area contributed by atoms with Crippen molar-refractivity contribution in [3.8, 4) is 0 Å². The monoisotopic (exact) mass is 253 g/mol. The van der Waals surface area contributed by atoms with Crippen molar-refractivity contribution in [2.24, 2.45) is 0 Å². The van der Waals surface area contributed by atoms with E-state index in [1.54, 1.807) is 0 Å². The molecule has 0 heterocycles. The fourth-order valence-corrected chi connectivity index (χ4v) is 2.40. The summed E-state index contributed by atoms with van der Waals surface area (Å²) in [5, 5.41) is 3.60. The first-order chi connectivity index (χ1) is 6.75. The lowest BCUT2D eigenvalue weighted by Crippen LogP contribution is -2.14. The summed E-state index contributed by atoms with van der Waals surface area (Å²) in [7, 11) is 0. The summed E-state index contributed by atoms with van der Waals surface area (Å²) in [6.45, 7) is 2.13. The summed E-state index contributed by atoms with van der Waals surface area (Å²) in [4.78, 5) is 0. The molecule has 0 atom stereocenters. The Morgan fingerprint density at radius 2 is 2.00 bits per heavy atom. The van der Waals surface area contributed by atoms with Gasteiger partial charge in [-0.15, -0.1) is 0 Å². The summed E-state index contributed by atoms with van der Waals surface area (Å²) in [5.41, 5.74) is 2.56. The van der Waals surface area contributed by atoms with Gasteiger partial charge < -0.3 is 5.32 Å². The van der Waals surface area contributed by atoms with E-state index in [4.69, 9.17) is 0 Å².